The van der Waals surface area contributed by atoms with Crippen LogP contribution in [-0.2, 0) is 20.4 Å². The number of H-pyrrole nitrogens is 1. The number of anilines is 1. The molecule has 4 unspecified atom stereocenters. The van der Waals surface area contributed by atoms with Gasteiger partial charge in [0.15, 0.2) is 5.16 Å². The third-order valence-corrected chi connectivity index (χ3v) is 16.7. The normalized spacial score (nSPS) is 29.3. The number of benzene rings is 3. The lowest BCUT2D eigenvalue weighted by molar-refractivity contribution is -0.131. The predicted molar refractivity (Wildman–Crippen MR) is 243 cm³/mol. The van der Waals surface area contributed by atoms with Gasteiger partial charge in [-0.25, -0.2) is 4.98 Å². The van der Waals surface area contributed by atoms with Crippen LogP contribution in [0.4, 0.5) is 5.69 Å². The Labute approximate surface area is 370 Å². The number of aromatic nitrogens is 5. The molecule has 8 saturated carbocycles. The van der Waals surface area contributed by atoms with Gasteiger partial charge in [-0.2, -0.15) is 5.10 Å². The first-order valence-electron chi connectivity index (χ1n) is 22.5. The SMILES string of the molecule is Cc1ccc(-c2nnc(SCC(=O)Nc3ccc(C45CCC6CC(CC(C6)C4)C5)cc3)o2)cc1.O=C(CSc1ncn[nH]1)Oc1ccc(C23CCC4CC(CC(C4)C2)C3)cc1.[HH].[HH]. The number of esters is 1. The van der Waals surface area contributed by atoms with Crippen LogP contribution in [0.25, 0.3) is 11.5 Å². The maximum Gasteiger partial charge on any atom is 0.321 e. The fraction of sp³-hybridized carbons (Fsp3) is 0.510. The lowest BCUT2D eigenvalue weighted by atomic mass is 9.59. The van der Waals surface area contributed by atoms with Gasteiger partial charge in [-0.1, -0.05) is 65.5 Å². The van der Waals surface area contributed by atoms with Crippen LogP contribution < -0.4 is 10.1 Å². The van der Waals surface area contributed by atoms with Crippen LogP contribution in [-0.4, -0.2) is 48.8 Å². The van der Waals surface area contributed by atoms with E-state index in [0.717, 1.165) is 46.8 Å². The Morgan fingerprint density at radius 2 is 1.31 bits per heavy atom. The number of carbonyl (C=O) groups is 2. The summed E-state index contributed by atoms with van der Waals surface area (Å²) >= 11 is 2.55. The summed E-state index contributed by atoms with van der Waals surface area (Å²) in [6.07, 6.45) is 21.0. The number of ether oxygens (including phenoxy) is 1. The van der Waals surface area contributed by atoms with Gasteiger partial charge < -0.3 is 14.5 Å². The number of thioether (sulfide) groups is 2. The Kier molecular flexibility index (Phi) is 11.6. The van der Waals surface area contributed by atoms with Crippen LogP contribution in [0.3, 0.4) is 0 Å². The minimum atomic E-state index is -0.268. The van der Waals surface area contributed by atoms with Gasteiger partial charge in [0.25, 0.3) is 5.22 Å². The van der Waals surface area contributed by atoms with Crippen LogP contribution in [0.15, 0.2) is 93.9 Å². The molecule has 5 aromatic rings. The van der Waals surface area contributed by atoms with Crippen molar-refractivity contribution >= 4 is 41.1 Å². The van der Waals surface area contributed by atoms with E-state index in [0.29, 0.717) is 32.8 Å². The van der Waals surface area contributed by atoms with Crippen molar-refractivity contribution in [1.29, 1.82) is 0 Å². The van der Waals surface area contributed by atoms with Crippen molar-refractivity contribution in [2.24, 2.45) is 35.5 Å². The Balaban J connectivity index is 0.000000172. The largest absolute Gasteiger partial charge is 0.426 e. The van der Waals surface area contributed by atoms with Gasteiger partial charge in [0.05, 0.1) is 11.5 Å². The average Bonchev–Trinajstić information content (AvgIpc) is 3.87. The van der Waals surface area contributed by atoms with Gasteiger partial charge in [-0.3, -0.25) is 14.7 Å². The standard InChI is InChI=1S/C28H31N3O2S.C21H25N3O2S.2H2/c1-18-2-4-22(5-3-18)26-30-31-27(33-26)34-17-25(32)29-24-8-6-23(7-9-24)28-11-10-19-12-20(15-28)14-21(13-19)16-28;25-19(12-27-20-22-13-23-24-20)26-18-3-1-17(2-4-18)21-6-5-14-7-15(10-21)9-16(8-14)11-21;;/h2-9,19-21H,10-17H2,1H3,(H,29,32);1-4,13-16H,5-12H2,(H,22,23,24);2*1H. The van der Waals surface area contributed by atoms with Gasteiger partial charge in [0, 0.05) is 14.1 Å². The van der Waals surface area contributed by atoms with Crippen molar-refractivity contribution in [2.75, 3.05) is 16.8 Å². The molecule has 8 fully saturated rings. The number of nitrogens with zero attached hydrogens (tertiary/aromatic N) is 4. The van der Waals surface area contributed by atoms with Crippen LogP contribution in [0.5, 0.6) is 5.75 Å². The number of amides is 1. The highest BCUT2D eigenvalue weighted by Gasteiger charge is 2.49. The summed E-state index contributed by atoms with van der Waals surface area (Å²) in [5.41, 5.74) is 6.57. The minimum absolute atomic E-state index is 0. The van der Waals surface area contributed by atoms with E-state index < -0.39 is 0 Å². The molecule has 8 aliphatic carbocycles. The van der Waals surface area contributed by atoms with Gasteiger partial charge >= 0.3 is 5.97 Å². The molecule has 2 aromatic heterocycles. The molecule has 0 saturated heterocycles. The molecule has 2 heterocycles. The molecule has 61 heavy (non-hydrogen) atoms. The van der Waals surface area contributed by atoms with Crippen LogP contribution in [0, 0.1) is 42.4 Å². The highest BCUT2D eigenvalue weighted by Crippen LogP contribution is 2.59. The summed E-state index contributed by atoms with van der Waals surface area (Å²) in [5.74, 6) is 6.84. The summed E-state index contributed by atoms with van der Waals surface area (Å²) in [6.45, 7) is 2.04. The summed E-state index contributed by atoms with van der Waals surface area (Å²) in [6, 6.07) is 25.0. The summed E-state index contributed by atoms with van der Waals surface area (Å²) in [4.78, 5) is 28.6. The second-order valence-electron chi connectivity index (χ2n) is 19.3. The van der Waals surface area contributed by atoms with E-state index in [1.165, 1.54) is 136 Å². The molecule has 2 N–H and O–H groups in total. The van der Waals surface area contributed by atoms with Crippen molar-refractivity contribution in [2.45, 2.75) is 118 Å². The quantitative estimate of drug-likeness (QED) is 0.0750. The van der Waals surface area contributed by atoms with Crippen molar-refractivity contribution in [3.8, 4) is 17.2 Å². The lowest BCUT2D eigenvalue weighted by Crippen LogP contribution is -2.37. The third kappa shape index (κ3) is 9.22. The van der Waals surface area contributed by atoms with Gasteiger partial charge in [0.2, 0.25) is 11.8 Å². The number of fused-ring (bicyclic) bond motifs is 2. The molecule has 322 valence electrons. The zero-order valence-electron chi connectivity index (χ0n) is 35.0. The first kappa shape index (κ1) is 40.6. The topological polar surface area (TPSA) is 136 Å². The third-order valence-electron chi connectivity index (χ3n) is 15.0. The molecule has 4 atom stereocenters. The summed E-state index contributed by atoms with van der Waals surface area (Å²) < 4.78 is 11.2. The van der Waals surface area contributed by atoms with Crippen molar-refractivity contribution in [1.82, 2.24) is 25.4 Å². The second kappa shape index (κ2) is 17.4. The Morgan fingerprint density at radius 3 is 1.89 bits per heavy atom. The van der Waals surface area contributed by atoms with E-state index in [1.807, 2.05) is 43.3 Å². The van der Waals surface area contributed by atoms with Gasteiger partial charge in [-0.15, -0.1) is 10.2 Å². The first-order valence-corrected chi connectivity index (χ1v) is 24.4. The smallest absolute Gasteiger partial charge is 0.321 e. The first-order chi connectivity index (χ1) is 29.7. The molecule has 0 radical (unpaired) electrons. The number of nitrogens with one attached hydrogen (secondary N) is 2. The molecular formula is C49H60N6O4S2. The van der Waals surface area contributed by atoms with Gasteiger partial charge in [0.1, 0.15) is 12.1 Å². The monoisotopic (exact) mass is 860 g/mol. The van der Waals surface area contributed by atoms with Crippen LogP contribution >= 0.6 is 23.5 Å². The fourth-order valence-electron chi connectivity index (χ4n) is 12.8. The molecule has 0 aliphatic heterocycles. The number of carbonyl (C=O) groups excluding carboxylic acids is 2. The maximum atomic E-state index is 12.5. The van der Waals surface area contributed by atoms with Crippen LogP contribution in [0.2, 0.25) is 0 Å². The van der Waals surface area contributed by atoms with E-state index in [2.05, 4.69) is 67.1 Å². The number of hydrogen-bond donors (Lipinski definition) is 2. The number of hydrogen-bond acceptors (Lipinski definition) is 10. The number of rotatable bonds is 11. The number of aromatic amines is 1. The molecule has 13 rings (SSSR count). The fourth-order valence-corrected chi connectivity index (χ4v) is 13.9. The molecule has 3 aromatic carbocycles. The van der Waals surface area contributed by atoms with E-state index in [1.54, 1.807) is 0 Å². The van der Waals surface area contributed by atoms with E-state index in [-0.39, 0.29) is 26.2 Å². The average molecular weight is 861 g/mol. The number of aryl methyl sites for hydroxylation is 1. The molecule has 8 bridgehead atoms. The zero-order chi connectivity index (χ0) is 41.4. The minimum Gasteiger partial charge on any atom is -0.426 e. The maximum absolute atomic E-state index is 12.5. The molecule has 0 spiro atoms. The van der Waals surface area contributed by atoms with Crippen molar-refractivity contribution in [3.05, 3.63) is 95.8 Å². The zero-order valence-corrected chi connectivity index (χ0v) is 36.7. The summed E-state index contributed by atoms with van der Waals surface area (Å²) in [7, 11) is 0. The molecule has 10 nitrogen and oxygen atoms in total. The second-order valence-corrected chi connectivity index (χ2v) is 21.2. The predicted octanol–water partition coefficient (Wildman–Crippen LogP) is 11.5. The van der Waals surface area contributed by atoms with E-state index >= 15 is 0 Å². The van der Waals surface area contributed by atoms with E-state index in [4.69, 9.17) is 9.15 Å². The Bertz CT molecular complexity index is 2280. The highest BCUT2D eigenvalue weighted by atomic mass is 32.2. The van der Waals surface area contributed by atoms with E-state index in [9.17, 15) is 9.59 Å². The van der Waals surface area contributed by atoms with Crippen molar-refractivity contribution < 1.29 is 21.6 Å². The lowest BCUT2D eigenvalue weighted by Gasteiger charge is -2.45. The van der Waals surface area contributed by atoms with Gasteiger partial charge in [-0.05, 0) is 191 Å². The molecule has 1 amide bonds. The molecule has 8 aliphatic rings. The van der Waals surface area contributed by atoms with Crippen molar-refractivity contribution in [3.63, 3.8) is 0 Å². The Hall–Kier alpha value is -4.42. The Morgan fingerprint density at radius 1 is 0.738 bits per heavy atom. The summed E-state index contributed by atoms with van der Waals surface area (Å²) in [5, 5.41) is 18.7. The molecular weight excluding hydrogens is 801 g/mol. The molecule has 12 heteroatoms. The van der Waals surface area contributed by atoms with Crippen LogP contribution in [0.1, 0.15) is 109 Å². The highest BCUT2D eigenvalue weighted by molar-refractivity contribution is 8.00.